The van der Waals surface area contributed by atoms with Gasteiger partial charge in [-0.25, -0.2) is 0 Å². The van der Waals surface area contributed by atoms with Gasteiger partial charge >= 0.3 is 0 Å². The lowest BCUT2D eigenvalue weighted by Gasteiger charge is -2.07. The summed E-state index contributed by atoms with van der Waals surface area (Å²) in [5.74, 6) is -0.872. The van der Waals surface area contributed by atoms with Crippen LogP contribution in [0.15, 0.2) is 0 Å². The largest absolute Gasteiger partial charge is 0.370 e. The van der Waals surface area contributed by atoms with Crippen LogP contribution in [0.2, 0.25) is 0 Å². The second-order valence-electron chi connectivity index (χ2n) is 2.78. The number of rotatable bonds is 7. The van der Waals surface area contributed by atoms with E-state index in [-0.39, 0.29) is 5.91 Å². The monoisotopic (exact) mass is 188 g/mol. The highest BCUT2D eigenvalue weighted by Crippen LogP contribution is 1.84. The molecule has 1 atom stereocenters. The van der Waals surface area contributed by atoms with Gasteiger partial charge < -0.3 is 22.5 Å². The Hall–Kier alpha value is -1.14. The second kappa shape index (κ2) is 6.38. The molecule has 0 heterocycles. The van der Waals surface area contributed by atoms with Gasteiger partial charge in [-0.1, -0.05) is 0 Å². The fourth-order valence-corrected chi connectivity index (χ4v) is 0.746. The van der Waals surface area contributed by atoms with Gasteiger partial charge in [-0.05, 0) is 13.0 Å². The number of carbonyl (C=O) groups is 2. The number of amides is 2. The molecule has 0 fully saturated rings. The first-order valence-electron chi connectivity index (χ1n) is 4.08. The Balaban J connectivity index is 3.26. The molecular formula is C7H16N4O2. The Labute approximate surface area is 76.8 Å². The highest BCUT2D eigenvalue weighted by atomic mass is 16.1. The Bertz CT molecular complexity index is 183. The summed E-state index contributed by atoms with van der Waals surface area (Å²) in [6, 6.07) is -0.673. The van der Waals surface area contributed by atoms with E-state index in [1.807, 2.05) is 0 Å². The Morgan fingerprint density at radius 2 is 1.92 bits per heavy atom. The number of primary amides is 2. The van der Waals surface area contributed by atoms with Crippen LogP contribution in [0.1, 0.15) is 12.8 Å². The highest BCUT2D eigenvalue weighted by Gasteiger charge is 2.07. The lowest BCUT2D eigenvalue weighted by Crippen LogP contribution is -2.44. The molecule has 0 aliphatic rings. The van der Waals surface area contributed by atoms with Crippen LogP contribution in [-0.2, 0) is 9.59 Å². The zero-order valence-corrected chi connectivity index (χ0v) is 7.45. The average molecular weight is 188 g/mol. The summed E-state index contributed by atoms with van der Waals surface area (Å²) in [6.07, 6.45) is 0.972. The molecule has 0 spiro atoms. The van der Waals surface area contributed by atoms with Crippen molar-refractivity contribution >= 4 is 11.8 Å². The molecule has 13 heavy (non-hydrogen) atoms. The number of nitrogens with one attached hydrogen (secondary N) is 1. The molecule has 1 unspecified atom stereocenters. The first-order chi connectivity index (χ1) is 6.04. The molecule has 6 nitrogen and oxygen atoms in total. The third kappa shape index (κ3) is 7.23. The van der Waals surface area contributed by atoms with Crippen LogP contribution in [-0.4, -0.2) is 30.9 Å². The molecule has 76 valence electrons. The van der Waals surface area contributed by atoms with Gasteiger partial charge in [0.1, 0.15) is 0 Å². The minimum atomic E-state index is -0.673. The molecule has 0 aliphatic carbocycles. The van der Waals surface area contributed by atoms with Gasteiger partial charge in [-0.15, -0.1) is 0 Å². The van der Waals surface area contributed by atoms with Crippen LogP contribution < -0.4 is 22.5 Å². The molecule has 6 heteroatoms. The van der Waals surface area contributed by atoms with E-state index in [1.54, 1.807) is 0 Å². The Kier molecular flexibility index (Phi) is 5.82. The SMILES string of the molecule is NC(=O)CCCNCC(N)C(N)=O. The first kappa shape index (κ1) is 11.9. The maximum absolute atomic E-state index is 10.5. The smallest absolute Gasteiger partial charge is 0.235 e. The van der Waals surface area contributed by atoms with Crippen LogP contribution in [0.25, 0.3) is 0 Å². The minimum Gasteiger partial charge on any atom is -0.370 e. The third-order valence-corrected chi connectivity index (χ3v) is 1.51. The molecule has 0 saturated heterocycles. The van der Waals surface area contributed by atoms with E-state index in [0.717, 1.165) is 0 Å². The summed E-state index contributed by atoms with van der Waals surface area (Å²) >= 11 is 0. The molecule has 0 rings (SSSR count). The zero-order chi connectivity index (χ0) is 10.3. The lowest BCUT2D eigenvalue weighted by molar-refractivity contribution is -0.119. The van der Waals surface area contributed by atoms with Crippen molar-refractivity contribution in [3.63, 3.8) is 0 Å². The number of hydrogen-bond acceptors (Lipinski definition) is 4. The number of carbonyl (C=O) groups excluding carboxylic acids is 2. The molecule has 0 aromatic rings. The van der Waals surface area contributed by atoms with E-state index in [9.17, 15) is 9.59 Å². The summed E-state index contributed by atoms with van der Waals surface area (Å²) in [5, 5.41) is 2.89. The highest BCUT2D eigenvalue weighted by molar-refractivity contribution is 5.79. The molecule has 0 radical (unpaired) electrons. The summed E-state index contributed by atoms with van der Waals surface area (Å²) < 4.78 is 0. The molecule has 0 aromatic heterocycles. The van der Waals surface area contributed by atoms with Crippen molar-refractivity contribution in [1.29, 1.82) is 0 Å². The molecule has 0 aliphatic heterocycles. The van der Waals surface area contributed by atoms with Crippen LogP contribution >= 0.6 is 0 Å². The molecule has 7 N–H and O–H groups in total. The van der Waals surface area contributed by atoms with Crippen molar-refractivity contribution in [2.75, 3.05) is 13.1 Å². The van der Waals surface area contributed by atoms with Gasteiger partial charge in [0.15, 0.2) is 0 Å². The number of hydrogen-bond donors (Lipinski definition) is 4. The van der Waals surface area contributed by atoms with Gasteiger partial charge in [0.25, 0.3) is 0 Å². The molecular weight excluding hydrogens is 172 g/mol. The Morgan fingerprint density at radius 3 is 2.38 bits per heavy atom. The van der Waals surface area contributed by atoms with Crippen molar-refractivity contribution in [2.24, 2.45) is 17.2 Å². The van der Waals surface area contributed by atoms with Crippen molar-refractivity contribution in [3.05, 3.63) is 0 Å². The Morgan fingerprint density at radius 1 is 1.31 bits per heavy atom. The molecule has 0 bridgehead atoms. The van der Waals surface area contributed by atoms with Crippen LogP contribution in [0.5, 0.6) is 0 Å². The first-order valence-corrected chi connectivity index (χ1v) is 4.08. The predicted molar refractivity (Wildman–Crippen MR) is 48.5 cm³/mol. The maximum Gasteiger partial charge on any atom is 0.235 e. The van der Waals surface area contributed by atoms with Crippen molar-refractivity contribution in [2.45, 2.75) is 18.9 Å². The van der Waals surface area contributed by atoms with Gasteiger partial charge in [0.05, 0.1) is 6.04 Å². The van der Waals surface area contributed by atoms with Crippen molar-refractivity contribution in [1.82, 2.24) is 5.32 Å². The minimum absolute atomic E-state index is 0.327. The van der Waals surface area contributed by atoms with E-state index in [4.69, 9.17) is 17.2 Å². The normalized spacial score (nSPS) is 12.4. The summed E-state index contributed by atoms with van der Waals surface area (Å²) in [7, 11) is 0. The van der Waals surface area contributed by atoms with E-state index >= 15 is 0 Å². The summed E-state index contributed by atoms with van der Waals surface area (Å²) in [5.41, 5.74) is 15.2. The number of nitrogens with two attached hydrogens (primary N) is 3. The maximum atomic E-state index is 10.5. The van der Waals surface area contributed by atoms with E-state index in [1.165, 1.54) is 0 Å². The summed E-state index contributed by atoms with van der Waals surface area (Å²) in [6.45, 7) is 0.929. The van der Waals surface area contributed by atoms with Gasteiger partial charge in [0, 0.05) is 13.0 Å². The van der Waals surface area contributed by atoms with Crippen LogP contribution in [0.3, 0.4) is 0 Å². The fraction of sp³-hybridized carbons (Fsp3) is 0.714. The van der Waals surface area contributed by atoms with E-state index < -0.39 is 11.9 Å². The molecule has 2 amide bonds. The zero-order valence-electron chi connectivity index (χ0n) is 7.45. The van der Waals surface area contributed by atoms with Gasteiger partial charge in [-0.3, -0.25) is 9.59 Å². The second-order valence-corrected chi connectivity index (χ2v) is 2.78. The van der Waals surface area contributed by atoms with Gasteiger partial charge in [-0.2, -0.15) is 0 Å². The third-order valence-electron chi connectivity index (χ3n) is 1.51. The van der Waals surface area contributed by atoms with E-state index in [2.05, 4.69) is 5.32 Å². The summed E-state index contributed by atoms with van der Waals surface area (Å²) in [4.78, 5) is 20.8. The fourth-order valence-electron chi connectivity index (χ4n) is 0.746. The lowest BCUT2D eigenvalue weighted by atomic mass is 10.2. The van der Waals surface area contributed by atoms with Crippen LogP contribution in [0, 0.1) is 0 Å². The van der Waals surface area contributed by atoms with E-state index in [0.29, 0.717) is 25.9 Å². The van der Waals surface area contributed by atoms with Crippen molar-refractivity contribution in [3.8, 4) is 0 Å². The topological polar surface area (TPSA) is 124 Å². The quantitative estimate of drug-likeness (QED) is 0.334. The molecule has 0 saturated carbocycles. The average Bonchev–Trinajstić information content (AvgIpc) is 2.02. The van der Waals surface area contributed by atoms with Gasteiger partial charge in [0.2, 0.25) is 11.8 Å². The predicted octanol–water partition coefficient (Wildman–Crippen LogP) is -2.35. The van der Waals surface area contributed by atoms with Crippen molar-refractivity contribution < 1.29 is 9.59 Å². The molecule has 0 aromatic carbocycles. The van der Waals surface area contributed by atoms with Crippen LogP contribution in [0.4, 0.5) is 0 Å². The standard InChI is InChI=1S/C7H16N4O2/c8-5(7(10)13)4-11-3-1-2-6(9)12/h5,11H,1-4,8H2,(H2,9,12)(H2,10,13).